The first-order chi connectivity index (χ1) is 12.4. The zero-order valence-electron chi connectivity index (χ0n) is 15.3. The van der Waals surface area contributed by atoms with Crippen molar-refractivity contribution in [2.24, 2.45) is 0 Å². The molecule has 0 spiro atoms. The summed E-state index contributed by atoms with van der Waals surface area (Å²) in [5, 5.41) is 8.02. The number of morpholine rings is 1. The predicted octanol–water partition coefficient (Wildman–Crippen LogP) is 2.70. The van der Waals surface area contributed by atoms with Crippen molar-refractivity contribution in [1.29, 1.82) is 0 Å². The molecule has 1 aromatic heterocycles. The number of hydrogen-bond donors (Lipinski definition) is 0. The van der Waals surface area contributed by atoms with Gasteiger partial charge < -0.3 is 9.15 Å². The third-order valence-corrected chi connectivity index (χ3v) is 6.52. The van der Waals surface area contributed by atoms with E-state index >= 15 is 0 Å². The van der Waals surface area contributed by atoms with Crippen LogP contribution in [0.15, 0.2) is 34.7 Å². The van der Waals surface area contributed by atoms with Gasteiger partial charge in [0.1, 0.15) is 6.10 Å². The average Bonchev–Trinajstić information content (AvgIpc) is 3.13. The Morgan fingerprint density at radius 1 is 1.19 bits per heavy atom. The lowest BCUT2D eigenvalue weighted by atomic mass is 10.0. The Hall–Kier alpha value is -1.77. The fourth-order valence-corrected chi connectivity index (χ4v) is 4.69. The lowest BCUT2D eigenvalue weighted by molar-refractivity contribution is -0.0179. The predicted molar refractivity (Wildman–Crippen MR) is 97.3 cm³/mol. The van der Waals surface area contributed by atoms with Crippen LogP contribution in [-0.4, -0.2) is 48.4 Å². The van der Waals surface area contributed by atoms with Crippen LogP contribution in [0.4, 0.5) is 0 Å². The van der Waals surface area contributed by atoms with Crippen LogP contribution in [-0.2, 0) is 14.8 Å². The Bertz CT molecular complexity index is 820. The number of sulfonamides is 1. The Balaban J connectivity index is 1.69. The van der Waals surface area contributed by atoms with Crippen molar-refractivity contribution in [3.05, 3.63) is 47.7 Å². The fraction of sp³-hybridized carbons (Fsp3) is 0.556. The Kier molecular flexibility index (Phi) is 5.74. The van der Waals surface area contributed by atoms with Crippen LogP contribution in [0, 0.1) is 0 Å². The quantitative estimate of drug-likeness (QED) is 0.767. The number of hydrogen-bond acceptors (Lipinski definition) is 6. The van der Waals surface area contributed by atoms with E-state index in [1.165, 1.54) is 4.31 Å². The van der Waals surface area contributed by atoms with Crippen LogP contribution in [0.25, 0.3) is 0 Å². The summed E-state index contributed by atoms with van der Waals surface area (Å²) in [5.41, 5.74) is 1.01. The van der Waals surface area contributed by atoms with Crippen molar-refractivity contribution in [2.75, 3.05) is 25.4 Å². The number of ether oxygens (including phenoxy) is 1. The summed E-state index contributed by atoms with van der Waals surface area (Å²) in [6.07, 6.45) is -0.523. The number of benzene rings is 1. The van der Waals surface area contributed by atoms with Gasteiger partial charge >= 0.3 is 0 Å². The van der Waals surface area contributed by atoms with Crippen LogP contribution in [0.1, 0.15) is 56.1 Å². The minimum Gasteiger partial charge on any atom is -0.422 e. The van der Waals surface area contributed by atoms with Gasteiger partial charge in [-0.2, -0.15) is 4.31 Å². The standard InChI is InChI=1S/C18H25N3O4S/c1-13(2)17-19-20-18(25-17)16-11-21(9-10-24-16)26(22,23)12-14(3)15-7-5-4-6-8-15/h4-8,13-14,16H,9-12H2,1-3H3/t14-,16+/m1/s1. The molecule has 7 nitrogen and oxygen atoms in total. The first-order valence-corrected chi connectivity index (χ1v) is 10.5. The van der Waals surface area contributed by atoms with Gasteiger partial charge in [0.25, 0.3) is 0 Å². The Morgan fingerprint density at radius 3 is 2.58 bits per heavy atom. The summed E-state index contributed by atoms with van der Waals surface area (Å²) in [5.74, 6) is 0.959. The molecule has 3 rings (SSSR count). The highest BCUT2D eigenvalue weighted by molar-refractivity contribution is 7.89. The van der Waals surface area contributed by atoms with Crippen molar-refractivity contribution in [3.8, 4) is 0 Å². The van der Waals surface area contributed by atoms with E-state index in [9.17, 15) is 8.42 Å². The van der Waals surface area contributed by atoms with Crippen LogP contribution < -0.4 is 0 Å². The van der Waals surface area contributed by atoms with E-state index in [4.69, 9.17) is 9.15 Å². The smallest absolute Gasteiger partial charge is 0.246 e. The molecule has 0 amide bonds. The Morgan fingerprint density at radius 2 is 1.92 bits per heavy atom. The fourth-order valence-electron chi connectivity index (χ4n) is 2.94. The molecule has 2 aromatic rings. The third-order valence-electron chi connectivity index (χ3n) is 4.48. The molecule has 0 bridgehead atoms. The van der Waals surface area contributed by atoms with Crippen LogP contribution in [0.3, 0.4) is 0 Å². The summed E-state index contributed by atoms with van der Waals surface area (Å²) in [6, 6.07) is 9.67. The summed E-state index contributed by atoms with van der Waals surface area (Å²) >= 11 is 0. The molecule has 2 heterocycles. The molecule has 8 heteroatoms. The first kappa shape index (κ1) is 19.0. The third kappa shape index (κ3) is 4.31. The van der Waals surface area contributed by atoms with Gasteiger partial charge in [0.2, 0.25) is 21.8 Å². The molecule has 1 saturated heterocycles. The largest absolute Gasteiger partial charge is 0.422 e. The number of rotatable bonds is 6. The first-order valence-electron chi connectivity index (χ1n) is 8.84. The molecule has 0 radical (unpaired) electrons. The number of nitrogens with zero attached hydrogens (tertiary/aromatic N) is 3. The second kappa shape index (κ2) is 7.85. The highest BCUT2D eigenvalue weighted by Gasteiger charge is 2.34. The summed E-state index contributed by atoms with van der Waals surface area (Å²) in [7, 11) is -3.42. The van der Waals surface area contributed by atoms with Gasteiger partial charge in [0.05, 0.1) is 12.4 Å². The normalized spacial score (nSPS) is 20.4. The monoisotopic (exact) mass is 379 g/mol. The topological polar surface area (TPSA) is 85.5 Å². The van der Waals surface area contributed by atoms with Crippen molar-refractivity contribution >= 4 is 10.0 Å². The van der Waals surface area contributed by atoms with Gasteiger partial charge in [0, 0.05) is 19.0 Å². The number of aromatic nitrogens is 2. The van der Waals surface area contributed by atoms with E-state index in [1.54, 1.807) is 0 Å². The van der Waals surface area contributed by atoms with Gasteiger partial charge in [-0.1, -0.05) is 51.1 Å². The van der Waals surface area contributed by atoms with E-state index in [1.807, 2.05) is 51.1 Å². The molecule has 2 atom stereocenters. The maximum Gasteiger partial charge on any atom is 0.246 e. The van der Waals surface area contributed by atoms with E-state index < -0.39 is 16.1 Å². The highest BCUT2D eigenvalue weighted by atomic mass is 32.2. The molecule has 1 aliphatic rings. The molecule has 142 valence electrons. The Labute approximate surface area is 154 Å². The molecule has 1 fully saturated rings. The van der Waals surface area contributed by atoms with Gasteiger partial charge in [-0.3, -0.25) is 0 Å². The summed E-state index contributed by atoms with van der Waals surface area (Å²) in [4.78, 5) is 0. The van der Waals surface area contributed by atoms with E-state index in [0.717, 1.165) is 5.56 Å². The van der Waals surface area contributed by atoms with Crippen molar-refractivity contribution in [1.82, 2.24) is 14.5 Å². The second-order valence-corrected chi connectivity index (χ2v) is 8.95. The maximum absolute atomic E-state index is 12.9. The lowest BCUT2D eigenvalue weighted by Gasteiger charge is -2.31. The summed E-state index contributed by atoms with van der Waals surface area (Å²) < 4.78 is 38.5. The minimum atomic E-state index is -3.42. The highest BCUT2D eigenvalue weighted by Crippen LogP contribution is 2.26. The van der Waals surface area contributed by atoms with Crippen LogP contribution >= 0.6 is 0 Å². The van der Waals surface area contributed by atoms with Crippen LogP contribution in [0.5, 0.6) is 0 Å². The molecular formula is C18H25N3O4S. The molecule has 0 N–H and O–H groups in total. The summed E-state index contributed by atoms with van der Waals surface area (Å²) in [6.45, 7) is 6.69. The van der Waals surface area contributed by atoms with Crippen LogP contribution in [0.2, 0.25) is 0 Å². The zero-order chi connectivity index (χ0) is 18.7. The molecule has 26 heavy (non-hydrogen) atoms. The second-order valence-electron chi connectivity index (χ2n) is 6.94. The van der Waals surface area contributed by atoms with Crippen molar-refractivity contribution in [2.45, 2.75) is 38.7 Å². The zero-order valence-corrected chi connectivity index (χ0v) is 16.1. The SMILES string of the molecule is CC(C)c1nnc([C@@H]2CN(S(=O)(=O)C[C@@H](C)c3ccccc3)CCO2)o1. The van der Waals surface area contributed by atoms with Gasteiger partial charge in [-0.05, 0) is 11.5 Å². The molecule has 0 saturated carbocycles. The lowest BCUT2D eigenvalue weighted by Crippen LogP contribution is -2.44. The van der Waals surface area contributed by atoms with Gasteiger partial charge in [-0.25, -0.2) is 8.42 Å². The van der Waals surface area contributed by atoms with Crippen molar-refractivity contribution < 1.29 is 17.6 Å². The molecule has 1 aromatic carbocycles. The molecular weight excluding hydrogens is 354 g/mol. The molecule has 0 aliphatic carbocycles. The van der Waals surface area contributed by atoms with Gasteiger partial charge in [-0.15, -0.1) is 10.2 Å². The van der Waals surface area contributed by atoms with E-state index in [0.29, 0.717) is 24.9 Å². The van der Waals surface area contributed by atoms with Crippen molar-refractivity contribution in [3.63, 3.8) is 0 Å². The maximum atomic E-state index is 12.9. The van der Waals surface area contributed by atoms with E-state index in [2.05, 4.69) is 10.2 Å². The minimum absolute atomic E-state index is 0.0603. The molecule has 0 unspecified atom stereocenters. The molecule has 1 aliphatic heterocycles. The average molecular weight is 379 g/mol. The van der Waals surface area contributed by atoms with Gasteiger partial charge in [0.15, 0.2) is 0 Å². The van der Waals surface area contributed by atoms with E-state index in [-0.39, 0.29) is 24.1 Å².